The fourth-order valence-corrected chi connectivity index (χ4v) is 4.13. The fourth-order valence-electron chi connectivity index (χ4n) is 3.95. The minimum atomic E-state index is -1.13. The maximum absolute atomic E-state index is 13.9. The number of Topliss-reactive ketones (excluding diaryl/α,β-unsaturated/α-hetero) is 1. The Labute approximate surface area is 191 Å². The van der Waals surface area contributed by atoms with Gasteiger partial charge in [-0.3, -0.25) is 14.5 Å². The van der Waals surface area contributed by atoms with Gasteiger partial charge in [-0.05, 0) is 60.2 Å². The van der Waals surface area contributed by atoms with Gasteiger partial charge in [0, 0.05) is 16.1 Å². The molecular weight excluding hydrogens is 452 g/mol. The van der Waals surface area contributed by atoms with Gasteiger partial charge in [0.2, 0.25) is 5.78 Å². The van der Waals surface area contributed by atoms with Gasteiger partial charge in [-0.15, -0.1) is 0 Å². The molecule has 4 aromatic rings. The highest BCUT2D eigenvalue weighted by Gasteiger charge is 2.45. The summed E-state index contributed by atoms with van der Waals surface area (Å²) in [6.07, 6.45) is 0. The molecule has 1 aliphatic rings. The molecule has 0 radical (unpaired) electrons. The monoisotopic (exact) mass is 465 g/mol. The van der Waals surface area contributed by atoms with Gasteiger partial charge in [-0.25, -0.2) is 8.78 Å². The first kappa shape index (κ1) is 20.9. The number of hydrogen-bond donors (Lipinski definition) is 1. The van der Waals surface area contributed by atoms with Crippen molar-refractivity contribution in [2.45, 2.75) is 6.04 Å². The summed E-state index contributed by atoms with van der Waals surface area (Å²) in [6, 6.07) is 15.5. The third-order valence-corrected chi connectivity index (χ3v) is 5.66. The van der Waals surface area contributed by atoms with Crippen LogP contribution in [0.1, 0.15) is 22.2 Å². The zero-order valence-electron chi connectivity index (χ0n) is 16.8. The van der Waals surface area contributed by atoms with Crippen molar-refractivity contribution in [1.29, 1.82) is 0 Å². The average Bonchev–Trinajstić information content (AvgIpc) is 3.32. The number of halogens is 3. The van der Waals surface area contributed by atoms with Gasteiger partial charge in [-0.1, -0.05) is 29.8 Å². The number of hydrogen-bond acceptors (Lipinski definition) is 4. The third-order valence-electron chi connectivity index (χ3n) is 5.43. The standard InChI is InChI=1S/C25H14ClF2NO4/c26-15-6-9-19-14(10-15)11-20(33-19)23(30)21-22(13-4-7-16(27)8-5-13)29(25(32)24(21)31)18-3-1-2-17(28)12-18/h1-12,22,31H. The van der Waals surface area contributed by atoms with E-state index in [2.05, 4.69) is 0 Å². The van der Waals surface area contributed by atoms with Crippen molar-refractivity contribution >= 4 is 39.9 Å². The minimum Gasteiger partial charge on any atom is -0.503 e. The van der Waals surface area contributed by atoms with Crippen LogP contribution in [0.3, 0.4) is 0 Å². The molecule has 8 heteroatoms. The van der Waals surface area contributed by atoms with E-state index >= 15 is 0 Å². The fraction of sp³-hybridized carbons (Fsp3) is 0.0400. The molecule has 2 heterocycles. The first-order valence-electron chi connectivity index (χ1n) is 9.85. The number of carbonyl (C=O) groups is 2. The van der Waals surface area contributed by atoms with Gasteiger partial charge in [-0.2, -0.15) is 0 Å². The molecule has 0 saturated heterocycles. The van der Waals surface area contributed by atoms with Crippen molar-refractivity contribution in [3.8, 4) is 0 Å². The van der Waals surface area contributed by atoms with E-state index in [0.29, 0.717) is 21.6 Å². The van der Waals surface area contributed by atoms with Crippen LogP contribution in [0.25, 0.3) is 11.0 Å². The summed E-state index contributed by atoms with van der Waals surface area (Å²) < 4.78 is 33.2. The maximum atomic E-state index is 13.9. The van der Waals surface area contributed by atoms with Crippen LogP contribution in [0.5, 0.6) is 0 Å². The number of nitrogens with zero attached hydrogens (tertiary/aromatic N) is 1. The van der Waals surface area contributed by atoms with Crippen molar-refractivity contribution in [3.63, 3.8) is 0 Å². The summed E-state index contributed by atoms with van der Waals surface area (Å²) >= 11 is 6.00. The first-order valence-corrected chi connectivity index (χ1v) is 10.2. The van der Waals surface area contributed by atoms with Gasteiger partial charge < -0.3 is 9.52 Å². The summed E-state index contributed by atoms with van der Waals surface area (Å²) in [5.74, 6) is -3.66. The molecular formula is C25H14ClF2NO4. The molecule has 0 aliphatic carbocycles. The summed E-state index contributed by atoms with van der Waals surface area (Å²) in [5, 5.41) is 11.7. The molecule has 33 heavy (non-hydrogen) atoms. The second-order valence-electron chi connectivity index (χ2n) is 7.49. The normalized spacial score (nSPS) is 16.2. The number of benzene rings is 3. The van der Waals surface area contributed by atoms with Crippen molar-refractivity contribution in [2.24, 2.45) is 0 Å². The van der Waals surface area contributed by atoms with Gasteiger partial charge in [0.25, 0.3) is 5.91 Å². The number of aliphatic hydroxyl groups is 1. The lowest BCUT2D eigenvalue weighted by molar-refractivity contribution is -0.117. The highest BCUT2D eigenvalue weighted by atomic mass is 35.5. The molecule has 0 fully saturated rings. The Balaban J connectivity index is 1.66. The topological polar surface area (TPSA) is 70.8 Å². The number of aliphatic hydroxyl groups excluding tert-OH is 1. The zero-order chi connectivity index (χ0) is 23.3. The number of fused-ring (bicyclic) bond motifs is 1. The largest absolute Gasteiger partial charge is 0.503 e. The molecule has 5 nitrogen and oxygen atoms in total. The molecule has 1 atom stereocenters. The van der Waals surface area contributed by atoms with Crippen LogP contribution in [-0.4, -0.2) is 16.8 Å². The van der Waals surface area contributed by atoms with E-state index in [1.54, 1.807) is 18.2 Å². The molecule has 164 valence electrons. The lowest BCUT2D eigenvalue weighted by Gasteiger charge is -2.26. The Morgan fingerprint density at radius 3 is 2.45 bits per heavy atom. The number of anilines is 1. The number of furan rings is 1. The van der Waals surface area contributed by atoms with Crippen LogP contribution < -0.4 is 4.90 Å². The lowest BCUT2D eigenvalue weighted by Crippen LogP contribution is -2.31. The first-order chi connectivity index (χ1) is 15.8. The molecule has 0 saturated carbocycles. The van der Waals surface area contributed by atoms with Gasteiger partial charge in [0.15, 0.2) is 11.5 Å². The highest BCUT2D eigenvalue weighted by molar-refractivity contribution is 6.31. The predicted molar refractivity (Wildman–Crippen MR) is 118 cm³/mol. The average molecular weight is 466 g/mol. The van der Waals surface area contributed by atoms with E-state index in [-0.39, 0.29) is 17.0 Å². The summed E-state index contributed by atoms with van der Waals surface area (Å²) in [4.78, 5) is 27.6. The van der Waals surface area contributed by atoms with E-state index in [1.165, 1.54) is 48.5 Å². The quantitative estimate of drug-likeness (QED) is 0.367. The van der Waals surface area contributed by atoms with Gasteiger partial charge >= 0.3 is 0 Å². The number of rotatable bonds is 4. The third kappa shape index (κ3) is 3.56. The van der Waals surface area contributed by atoms with Gasteiger partial charge in [0.1, 0.15) is 17.2 Å². The second kappa shape index (κ2) is 7.86. The van der Waals surface area contributed by atoms with Crippen LogP contribution in [0.2, 0.25) is 5.02 Å². The minimum absolute atomic E-state index is 0.116. The molecule has 1 unspecified atom stereocenters. The van der Waals surface area contributed by atoms with E-state index in [0.717, 1.165) is 11.0 Å². The van der Waals surface area contributed by atoms with Crippen LogP contribution >= 0.6 is 11.6 Å². The second-order valence-corrected chi connectivity index (χ2v) is 7.93. The Bertz CT molecular complexity index is 1460. The van der Waals surface area contributed by atoms with Crippen molar-refractivity contribution in [1.82, 2.24) is 0 Å². The Morgan fingerprint density at radius 2 is 1.73 bits per heavy atom. The van der Waals surface area contributed by atoms with Crippen LogP contribution in [-0.2, 0) is 4.79 Å². The summed E-state index contributed by atoms with van der Waals surface area (Å²) in [6.45, 7) is 0. The molecule has 5 rings (SSSR count). The van der Waals surface area contributed by atoms with Crippen molar-refractivity contribution in [2.75, 3.05) is 4.90 Å². The van der Waals surface area contributed by atoms with E-state index in [9.17, 15) is 23.5 Å². The molecule has 1 amide bonds. The molecule has 1 aromatic heterocycles. The van der Waals surface area contributed by atoms with Crippen molar-refractivity contribution < 1.29 is 27.9 Å². The van der Waals surface area contributed by atoms with Gasteiger partial charge in [0.05, 0.1) is 11.6 Å². The smallest absolute Gasteiger partial charge is 0.294 e. The molecule has 0 bridgehead atoms. The zero-order valence-corrected chi connectivity index (χ0v) is 17.5. The number of ketones is 1. The maximum Gasteiger partial charge on any atom is 0.294 e. The molecule has 3 aromatic carbocycles. The number of amides is 1. The number of carbonyl (C=O) groups excluding carboxylic acids is 2. The van der Waals surface area contributed by atoms with E-state index < -0.39 is 35.1 Å². The summed E-state index contributed by atoms with van der Waals surface area (Å²) in [7, 11) is 0. The predicted octanol–water partition coefficient (Wildman–Crippen LogP) is 6.15. The molecule has 0 spiro atoms. The van der Waals surface area contributed by atoms with Crippen molar-refractivity contribution in [3.05, 3.63) is 112 Å². The Morgan fingerprint density at radius 1 is 0.970 bits per heavy atom. The highest BCUT2D eigenvalue weighted by Crippen LogP contribution is 2.42. The molecule has 1 aliphatic heterocycles. The SMILES string of the molecule is O=C(C1=C(O)C(=O)N(c2cccc(F)c2)C1c1ccc(F)cc1)c1cc2cc(Cl)ccc2o1. The van der Waals surface area contributed by atoms with Crippen LogP contribution in [0, 0.1) is 11.6 Å². The lowest BCUT2D eigenvalue weighted by atomic mass is 9.94. The van der Waals surface area contributed by atoms with Crippen LogP contribution in [0.15, 0.2) is 88.5 Å². The Kier molecular flexibility index (Phi) is 4.98. The summed E-state index contributed by atoms with van der Waals surface area (Å²) in [5.41, 5.74) is 0.606. The van der Waals surface area contributed by atoms with E-state index in [1.807, 2.05) is 0 Å². The van der Waals surface area contributed by atoms with E-state index in [4.69, 9.17) is 16.0 Å². The van der Waals surface area contributed by atoms with Crippen LogP contribution in [0.4, 0.5) is 14.5 Å². The Hall–Kier alpha value is -3.97. The molecule has 1 N–H and O–H groups in total.